The number of rotatable bonds is 12. The first-order valence-corrected chi connectivity index (χ1v) is 28.9. The van der Waals surface area contributed by atoms with Gasteiger partial charge in [0.25, 0.3) is 0 Å². The third-order valence-electron chi connectivity index (χ3n) is 13.5. The normalized spacial score (nSPS) is 15.7. The van der Waals surface area contributed by atoms with Crippen molar-refractivity contribution in [2.24, 2.45) is 0 Å². The molecule has 10 heterocycles. The summed E-state index contributed by atoms with van der Waals surface area (Å²) in [5.74, 6) is -2.00. The van der Waals surface area contributed by atoms with Crippen molar-refractivity contribution < 1.29 is 42.7 Å². The summed E-state index contributed by atoms with van der Waals surface area (Å²) < 4.78 is 34.7. The number of aromatic nitrogens is 12. The molecule has 460 valence electrons. The van der Waals surface area contributed by atoms with Crippen LogP contribution < -0.4 is 16.0 Å². The van der Waals surface area contributed by atoms with E-state index in [-0.39, 0.29) is 107 Å². The number of Topliss-reactive ketones (excluding diaryl/α,β-unsaturated/α-hetero) is 2. The monoisotopic (exact) mass is 1400 g/mol. The van der Waals surface area contributed by atoms with E-state index in [9.17, 15) is 37.5 Å². The third kappa shape index (κ3) is 16.2. The fourth-order valence-electron chi connectivity index (χ4n) is 9.69. The lowest BCUT2D eigenvalue weighted by Gasteiger charge is -2.23. The number of benzene rings is 2. The quantitative estimate of drug-likeness (QED) is 0.0655. The number of pyridine rings is 2. The molecule has 2 aliphatic heterocycles. The van der Waals surface area contributed by atoms with Crippen LogP contribution in [0, 0.1) is 13.8 Å². The van der Waals surface area contributed by atoms with E-state index in [1.807, 2.05) is 62.6 Å². The summed E-state index contributed by atoms with van der Waals surface area (Å²) in [5.41, 5.74) is 8.09. The van der Waals surface area contributed by atoms with Crippen molar-refractivity contribution >= 4 is 160 Å². The van der Waals surface area contributed by atoms with Crippen LogP contribution >= 0.6 is 57.8 Å². The summed E-state index contributed by atoms with van der Waals surface area (Å²) in [4.78, 5) is 91.9. The molecule has 0 spiro atoms. The number of likely N-dealkylation sites (tertiary alicyclic amines) is 1. The number of hydrogen-bond acceptors (Lipinski definition) is 17. The molecule has 12 rings (SSSR count). The fraction of sp³-hybridized carbons (Fsp3) is 0.263. The molecule has 0 unspecified atom stereocenters. The standard InChI is InChI=1S/C28H24BrFN8O3.C18H15N5O3.C10H11BrFN3O.CH4.ClH.S2.H2S/c1-15-8-25-31-11-18(12-38(25)34-15)17-6-7-21-20(9-17)27(16(2)39)35-37(21)14-26(40)36-13-19(30)10-22(36)28(41)33-24-5-3-4-23(29)32-24;1-10-5-16-19-7-13(8-23(16)20-10)12-3-4-15-14(6-12)18(11(2)24)21-22(15)9-17(25)26;11-8-2-1-3-9(14-8)15-10(16)7-4-6(12)5-13-7;;;1-2;/h3-9,11-12,19,22H,10,13-14H2,1-2H3,(H,32,33,41);3-8H,9H2,1-2H3,(H,25,26);1-3,6-7,13H,4-5H2,(H,14,15,16);1H4;1H;;1H2/t19-,22+;;6-,7+;;;;/m1.1..../s1. The number of ketones is 2. The number of nitrogens with zero attached hydrogens (tertiary/aromatic N) is 13. The highest BCUT2D eigenvalue weighted by Crippen LogP contribution is 2.30. The van der Waals surface area contributed by atoms with Crippen molar-refractivity contribution in [3.05, 3.63) is 142 Å². The van der Waals surface area contributed by atoms with Gasteiger partial charge in [0.1, 0.15) is 63.7 Å². The summed E-state index contributed by atoms with van der Waals surface area (Å²) in [6.45, 7) is 6.07. The number of anilines is 2. The highest BCUT2D eigenvalue weighted by atomic mass is 79.9. The van der Waals surface area contributed by atoms with Gasteiger partial charge in [0.2, 0.25) is 17.7 Å². The largest absolute Gasteiger partial charge is 0.480 e. The Balaban J connectivity index is 0.000000225. The molecule has 88 heavy (non-hydrogen) atoms. The molecule has 2 saturated heterocycles. The molecule has 2 aromatic carbocycles. The van der Waals surface area contributed by atoms with Crippen LogP contribution in [0.2, 0.25) is 0 Å². The molecular weight excluding hydrogens is 1350 g/mol. The lowest BCUT2D eigenvalue weighted by Crippen LogP contribution is -2.44. The van der Waals surface area contributed by atoms with E-state index < -0.39 is 42.2 Å². The second-order valence-corrected chi connectivity index (χ2v) is 21.3. The number of nitrogens with one attached hydrogen (secondary N) is 3. The first kappa shape index (κ1) is 69.1. The molecule has 2 aliphatic rings. The summed E-state index contributed by atoms with van der Waals surface area (Å²) in [6, 6.07) is 23.4. The van der Waals surface area contributed by atoms with E-state index in [0.29, 0.717) is 36.8 Å². The average Bonchev–Trinajstić information content (AvgIpc) is 2.69. The van der Waals surface area contributed by atoms with E-state index in [1.165, 1.54) is 28.1 Å². The van der Waals surface area contributed by atoms with Gasteiger partial charge in [-0.3, -0.25) is 38.1 Å². The molecule has 3 amide bonds. The molecule has 0 radical (unpaired) electrons. The van der Waals surface area contributed by atoms with Crippen LogP contribution in [0.5, 0.6) is 0 Å². The third-order valence-corrected chi connectivity index (χ3v) is 14.4. The zero-order valence-electron chi connectivity index (χ0n) is 46.4. The molecule has 23 nitrogen and oxygen atoms in total. The minimum absolute atomic E-state index is 0. The van der Waals surface area contributed by atoms with E-state index >= 15 is 0 Å². The van der Waals surface area contributed by atoms with Gasteiger partial charge in [0.15, 0.2) is 22.9 Å². The van der Waals surface area contributed by atoms with Crippen LogP contribution in [0.25, 0.3) is 55.4 Å². The molecule has 31 heteroatoms. The van der Waals surface area contributed by atoms with Gasteiger partial charge in [0.05, 0.1) is 35.0 Å². The van der Waals surface area contributed by atoms with Crippen LogP contribution in [0.1, 0.15) is 66.5 Å². The van der Waals surface area contributed by atoms with E-state index in [4.69, 9.17) is 5.11 Å². The van der Waals surface area contributed by atoms with Gasteiger partial charge in [-0.1, -0.05) is 31.7 Å². The lowest BCUT2D eigenvalue weighted by atomic mass is 10.0. The topological polar surface area (TPSA) is 284 Å². The van der Waals surface area contributed by atoms with Crippen LogP contribution in [0.4, 0.5) is 20.4 Å². The zero-order chi connectivity index (χ0) is 60.8. The second-order valence-electron chi connectivity index (χ2n) is 19.7. The molecule has 10 aromatic rings. The Kier molecular flexibility index (Phi) is 23.8. The van der Waals surface area contributed by atoms with E-state index in [2.05, 4.69) is 111 Å². The predicted octanol–water partition coefficient (Wildman–Crippen LogP) is 8.98. The lowest BCUT2D eigenvalue weighted by molar-refractivity contribution is -0.138. The van der Waals surface area contributed by atoms with Crippen molar-refractivity contribution in [1.82, 2.24) is 68.9 Å². The van der Waals surface area contributed by atoms with Crippen LogP contribution in [0.15, 0.2) is 119 Å². The summed E-state index contributed by atoms with van der Waals surface area (Å²) >= 11 is 13.8. The maximum atomic E-state index is 14.5. The number of carboxylic acids is 1. The molecule has 2 fully saturated rings. The number of hydrogen-bond donors (Lipinski definition) is 4. The summed E-state index contributed by atoms with van der Waals surface area (Å²) in [5, 5.41) is 35.7. The summed E-state index contributed by atoms with van der Waals surface area (Å²) in [6.07, 6.45) is 5.01. The predicted molar refractivity (Wildman–Crippen MR) is 347 cm³/mol. The zero-order valence-corrected chi connectivity index (χ0v) is 53.0. The number of carbonyl (C=O) groups excluding carboxylic acids is 5. The van der Waals surface area contributed by atoms with Crippen LogP contribution in [-0.4, -0.2) is 142 Å². The van der Waals surface area contributed by atoms with Crippen molar-refractivity contribution in [3.63, 3.8) is 0 Å². The first-order valence-electron chi connectivity index (χ1n) is 26.0. The Morgan fingerprint density at radius 2 is 1.14 bits per heavy atom. The van der Waals surface area contributed by atoms with Gasteiger partial charge in [-0.25, -0.2) is 37.7 Å². The number of amides is 3. The molecule has 0 aliphatic carbocycles. The Morgan fingerprint density at radius 3 is 1.58 bits per heavy atom. The highest BCUT2D eigenvalue weighted by molar-refractivity contribution is 9.10. The van der Waals surface area contributed by atoms with Crippen molar-refractivity contribution in [2.75, 3.05) is 23.7 Å². The van der Waals surface area contributed by atoms with Gasteiger partial charge < -0.3 is 26.0 Å². The Hall–Kier alpha value is -8.00. The number of alkyl halides is 2. The number of carboxylic acid groups (broad SMARTS) is 1. The van der Waals surface area contributed by atoms with Crippen LogP contribution in [0.3, 0.4) is 0 Å². The minimum Gasteiger partial charge on any atom is -0.480 e. The van der Waals surface area contributed by atoms with E-state index in [0.717, 1.165) is 44.9 Å². The Labute approximate surface area is 541 Å². The number of carbonyl (C=O) groups is 6. The van der Waals surface area contributed by atoms with Gasteiger partial charge in [0, 0.05) is 114 Å². The molecule has 4 N–H and O–H groups in total. The molecule has 8 aromatic heterocycles. The number of fused-ring (bicyclic) bond motifs is 4. The van der Waals surface area contributed by atoms with Crippen LogP contribution in [-0.2, 0) is 54.6 Å². The maximum Gasteiger partial charge on any atom is 0.325 e. The average molecular weight is 1410 g/mol. The highest BCUT2D eigenvalue weighted by Gasteiger charge is 2.40. The smallest absolute Gasteiger partial charge is 0.325 e. The maximum absolute atomic E-state index is 14.5. The molecule has 0 saturated carbocycles. The van der Waals surface area contributed by atoms with Gasteiger partial charge >= 0.3 is 5.97 Å². The summed E-state index contributed by atoms with van der Waals surface area (Å²) in [7, 11) is 0. The first-order chi connectivity index (χ1) is 40.7. The number of aliphatic carboxylic acids is 1. The Bertz CT molecular complexity index is 4250. The number of halogens is 5. The van der Waals surface area contributed by atoms with Gasteiger partial charge in [-0.05, 0) is 105 Å². The minimum atomic E-state index is -1.35. The van der Waals surface area contributed by atoms with Gasteiger partial charge in [-0.15, -0.1) is 12.4 Å². The van der Waals surface area contributed by atoms with Crippen molar-refractivity contribution in [1.29, 1.82) is 0 Å². The fourth-order valence-corrected chi connectivity index (χ4v) is 10.4. The van der Waals surface area contributed by atoms with Gasteiger partial charge in [-0.2, -0.15) is 33.9 Å². The molecular formula is C57H57Br2ClF2N16O7S3. The van der Waals surface area contributed by atoms with Crippen molar-refractivity contribution in [3.8, 4) is 22.3 Å². The molecule has 4 atom stereocenters. The van der Waals surface area contributed by atoms with E-state index in [1.54, 1.807) is 70.0 Å². The van der Waals surface area contributed by atoms with Crippen molar-refractivity contribution in [2.45, 2.75) is 85.5 Å². The second kappa shape index (κ2) is 30.3. The SMILES string of the molecule is C.CC(=O)c1nn(CC(=O)N2C[C@H](F)C[C@H]2C(=O)Nc2cccc(Br)n2)c2ccc(-c3cnc4cc(C)nn4c3)cc12.CC(=O)c1nn(CC(=O)O)c2ccc(-c3cnc4cc(C)nn4c3)cc12.Cl.O=C(Nc1cccc(Br)n1)[C@@H]1C[C@@H](F)CN1.S.S=S. The number of aryl methyl sites for hydroxylation is 2. The Morgan fingerprint density at radius 1 is 0.659 bits per heavy atom. The molecule has 0 bridgehead atoms.